The highest BCUT2D eigenvalue weighted by Gasteiger charge is 2.22. The first-order valence-electron chi connectivity index (χ1n) is 10.2. The second-order valence-corrected chi connectivity index (χ2v) is 8.81. The van der Waals surface area contributed by atoms with E-state index in [1.165, 1.54) is 36.7 Å². The Bertz CT molecular complexity index is 1360. The van der Waals surface area contributed by atoms with Crippen LogP contribution in [-0.4, -0.2) is 31.5 Å². The van der Waals surface area contributed by atoms with Gasteiger partial charge in [-0.3, -0.25) is 4.79 Å². The Kier molecular flexibility index (Phi) is 5.86. The van der Waals surface area contributed by atoms with Crippen molar-refractivity contribution in [3.8, 4) is 23.2 Å². The molecule has 33 heavy (non-hydrogen) atoms. The van der Waals surface area contributed by atoms with Crippen LogP contribution in [0.15, 0.2) is 41.8 Å². The van der Waals surface area contributed by atoms with Crippen LogP contribution in [0, 0.1) is 17.7 Å². The standard InChI is InChI=1S/C23H16ClFN6OS/c24-17-10-15(22-28-30-31-29-22)11-18(25)21(17)23(32)26-16-6-1-3-13(9-16)7-8-20-27-19(12-33-20)14-4-2-5-14/h1,3,6,9-12,14H,2,4-5H2,(H,26,32)(H,28,29,30,31). The van der Waals surface area contributed by atoms with Crippen molar-refractivity contribution in [3.05, 3.63) is 74.4 Å². The Morgan fingerprint density at radius 2 is 2.12 bits per heavy atom. The van der Waals surface area contributed by atoms with Crippen LogP contribution in [0.5, 0.6) is 0 Å². The minimum atomic E-state index is -0.790. The highest BCUT2D eigenvalue weighted by Crippen LogP contribution is 2.36. The summed E-state index contributed by atoms with van der Waals surface area (Å²) >= 11 is 7.72. The molecule has 1 aliphatic carbocycles. The van der Waals surface area contributed by atoms with Crippen LogP contribution in [0.3, 0.4) is 0 Å². The molecule has 5 rings (SSSR count). The third-order valence-corrected chi connectivity index (χ3v) is 6.43. The molecule has 2 aromatic carbocycles. The van der Waals surface area contributed by atoms with Crippen LogP contribution in [-0.2, 0) is 0 Å². The van der Waals surface area contributed by atoms with Crippen LogP contribution in [0.4, 0.5) is 10.1 Å². The van der Waals surface area contributed by atoms with E-state index in [-0.39, 0.29) is 16.4 Å². The number of hydrogen-bond donors (Lipinski definition) is 2. The highest BCUT2D eigenvalue weighted by molar-refractivity contribution is 7.10. The Labute approximate surface area is 197 Å². The van der Waals surface area contributed by atoms with Gasteiger partial charge in [-0.05, 0) is 54.3 Å². The molecule has 0 aliphatic heterocycles. The van der Waals surface area contributed by atoms with Gasteiger partial charge in [-0.1, -0.05) is 30.0 Å². The summed E-state index contributed by atoms with van der Waals surface area (Å²) in [6, 6.07) is 9.55. The number of amides is 1. The topological polar surface area (TPSA) is 96.5 Å². The molecule has 1 saturated carbocycles. The second-order valence-electron chi connectivity index (χ2n) is 7.54. The van der Waals surface area contributed by atoms with Gasteiger partial charge < -0.3 is 5.32 Å². The summed E-state index contributed by atoms with van der Waals surface area (Å²) in [6.07, 6.45) is 3.66. The van der Waals surface area contributed by atoms with Gasteiger partial charge in [0.05, 0.1) is 16.3 Å². The van der Waals surface area contributed by atoms with E-state index in [1.807, 2.05) is 6.07 Å². The average molecular weight is 479 g/mol. The lowest BCUT2D eigenvalue weighted by molar-refractivity contribution is 0.102. The summed E-state index contributed by atoms with van der Waals surface area (Å²) in [5.41, 5.74) is 2.33. The van der Waals surface area contributed by atoms with Crippen LogP contribution in [0.1, 0.15) is 51.8 Å². The summed E-state index contributed by atoms with van der Waals surface area (Å²) in [4.78, 5) is 17.3. The van der Waals surface area contributed by atoms with Gasteiger partial charge in [-0.25, -0.2) is 9.37 Å². The van der Waals surface area contributed by atoms with Gasteiger partial charge in [0, 0.05) is 28.1 Å². The van der Waals surface area contributed by atoms with Crippen molar-refractivity contribution in [1.29, 1.82) is 0 Å². The number of nitrogens with zero attached hydrogens (tertiary/aromatic N) is 4. The average Bonchev–Trinajstić information content (AvgIpc) is 3.43. The molecule has 0 spiro atoms. The van der Waals surface area contributed by atoms with Crippen molar-refractivity contribution >= 4 is 34.5 Å². The number of aromatic nitrogens is 5. The molecule has 2 aromatic heterocycles. The zero-order valence-electron chi connectivity index (χ0n) is 17.1. The molecule has 2 N–H and O–H groups in total. The molecule has 0 atom stereocenters. The first kappa shape index (κ1) is 21.2. The molecule has 0 unspecified atom stereocenters. The van der Waals surface area contributed by atoms with Gasteiger partial charge in [0.25, 0.3) is 5.91 Å². The summed E-state index contributed by atoms with van der Waals surface area (Å²) in [6.45, 7) is 0. The lowest BCUT2D eigenvalue weighted by atomic mass is 9.83. The first-order chi connectivity index (χ1) is 16.1. The Balaban J connectivity index is 1.32. The van der Waals surface area contributed by atoms with Gasteiger partial charge in [0.2, 0.25) is 5.82 Å². The molecular weight excluding hydrogens is 463 g/mol. The molecule has 2 heterocycles. The molecule has 164 valence electrons. The Morgan fingerprint density at radius 3 is 2.85 bits per heavy atom. The molecule has 0 radical (unpaired) electrons. The van der Waals surface area contributed by atoms with Crippen molar-refractivity contribution in [2.75, 3.05) is 5.32 Å². The fraction of sp³-hybridized carbons (Fsp3) is 0.174. The first-order valence-corrected chi connectivity index (χ1v) is 11.4. The van der Waals surface area contributed by atoms with Crippen molar-refractivity contribution in [1.82, 2.24) is 25.6 Å². The number of benzene rings is 2. The number of halogens is 2. The number of aromatic amines is 1. The van der Waals surface area contributed by atoms with Gasteiger partial charge in [-0.2, -0.15) is 5.21 Å². The predicted molar refractivity (Wildman–Crippen MR) is 124 cm³/mol. The van der Waals surface area contributed by atoms with Crippen molar-refractivity contribution < 1.29 is 9.18 Å². The number of tetrazole rings is 1. The number of hydrogen-bond acceptors (Lipinski definition) is 6. The van der Waals surface area contributed by atoms with Gasteiger partial charge in [0.1, 0.15) is 5.82 Å². The number of nitrogens with one attached hydrogen (secondary N) is 2. The minimum absolute atomic E-state index is 0.0608. The molecule has 1 fully saturated rings. The van der Waals surface area contributed by atoms with Crippen LogP contribution in [0.25, 0.3) is 11.4 Å². The number of carbonyl (C=O) groups is 1. The number of rotatable bonds is 4. The van der Waals surface area contributed by atoms with E-state index in [0.717, 1.165) is 16.8 Å². The van der Waals surface area contributed by atoms with E-state index in [4.69, 9.17) is 11.6 Å². The molecule has 4 aromatic rings. The van der Waals surface area contributed by atoms with Crippen molar-refractivity contribution in [2.45, 2.75) is 25.2 Å². The maximum Gasteiger partial charge on any atom is 0.260 e. The lowest BCUT2D eigenvalue weighted by Crippen LogP contribution is -2.14. The molecule has 7 nitrogen and oxygen atoms in total. The summed E-state index contributed by atoms with van der Waals surface area (Å²) in [5.74, 6) is 5.44. The zero-order chi connectivity index (χ0) is 22.8. The minimum Gasteiger partial charge on any atom is -0.322 e. The van der Waals surface area contributed by atoms with E-state index in [2.05, 4.69) is 48.1 Å². The summed E-state index contributed by atoms with van der Waals surface area (Å²) < 4.78 is 14.7. The number of H-pyrrole nitrogens is 1. The quantitative estimate of drug-likeness (QED) is 0.401. The third-order valence-electron chi connectivity index (χ3n) is 5.35. The fourth-order valence-electron chi connectivity index (χ4n) is 3.43. The number of thiazole rings is 1. The highest BCUT2D eigenvalue weighted by atomic mass is 35.5. The summed E-state index contributed by atoms with van der Waals surface area (Å²) in [7, 11) is 0. The second kappa shape index (κ2) is 9.10. The molecule has 0 saturated heterocycles. The zero-order valence-corrected chi connectivity index (χ0v) is 18.7. The molecule has 0 bridgehead atoms. The maximum atomic E-state index is 14.7. The van der Waals surface area contributed by atoms with Gasteiger partial charge in [0.15, 0.2) is 5.01 Å². The normalized spacial score (nSPS) is 13.2. The van der Waals surface area contributed by atoms with Crippen LogP contribution < -0.4 is 5.32 Å². The van der Waals surface area contributed by atoms with E-state index in [9.17, 15) is 9.18 Å². The molecular formula is C23H16ClFN6OS. The Morgan fingerprint density at radius 1 is 1.24 bits per heavy atom. The largest absolute Gasteiger partial charge is 0.322 e. The van der Waals surface area contributed by atoms with Crippen molar-refractivity contribution in [3.63, 3.8) is 0 Å². The van der Waals surface area contributed by atoms with Crippen LogP contribution >= 0.6 is 22.9 Å². The Hall–Kier alpha value is -3.61. The SMILES string of the molecule is O=C(Nc1cccc(C#Cc2nc(C3CCC3)cs2)c1)c1c(F)cc(-c2nn[nH]n2)cc1Cl. The van der Waals surface area contributed by atoms with E-state index in [1.54, 1.807) is 18.2 Å². The molecule has 1 amide bonds. The van der Waals surface area contributed by atoms with Crippen molar-refractivity contribution in [2.24, 2.45) is 0 Å². The number of anilines is 1. The number of carbonyl (C=O) groups excluding carboxylic acids is 1. The van der Waals surface area contributed by atoms with E-state index >= 15 is 0 Å². The summed E-state index contributed by atoms with van der Waals surface area (Å²) in [5, 5.41) is 18.7. The molecule has 1 aliphatic rings. The third kappa shape index (κ3) is 4.62. The van der Waals surface area contributed by atoms with Crippen LogP contribution in [0.2, 0.25) is 5.02 Å². The fourth-order valence-corrected chi connectivity index (χ4v) is 4.47. The van der Waals surface area contributed by atoms with Gasteiger partial charge in [-0.15, -0.1) is 21.5 Å². The smallest absolute Gasteiger partial charge is 0.260 e. The predicted octanol–water partition coefficient (Wildman–Crippen LogP) is 5.04. The monoisotopic (exact) mass is 478 g/mol. The van der Waals surface area contributed by atoms with E-state index in [0.29, 0.717) is 22.7 Å². The van der Waals surface area contributed by atoms with E-state index < -0.39 is 11.7 Å². The van der Waals surface area contributed by atoms with Gasteiger partial charge >= 0.3 is 0 Å². The molecule has 10 heteroatoms. The lowest BCUT2D eigenvalue weighted by Gasteiger charge is -2.22. The maximum absolute atomic E-state index is 14.7.